The molecule has 24 heavy (non-hydrogen) atoms. The fraction of sp³-hybridized carbons (Fsp3) is 0.294. The summed E-state index contributed by atoms with van der Waals surface area (Å²) in [4.78, 5) is 24.5. The largest absolute Gasteiger partial charge is 0.493 e. The smallest absolute Gasteiger partial charge is 0.338 e. The van der Waals surface area contributed by atoms with Crippen LogP contribution >= 0.6 is 11.3 Å². The number of carbonyl (C=O) groups is 2. The van der Waals surface area contributed by atoms with E-state index in [-0.39, 0.29) is 12.5 Å². The lowest BCUT2D eigenvalue weighted by molar-refractivity contribution is -0.122. The molecule has 1 aromatic carbocycles. The first-order valence-electron chi connectivity index (χ1n) is 7.35. The Labute approximate surface area is 144 Å². The number of amides is 1. The second kappa shape index (κ2) is 8.93. The van der Waals surface area contributed by atoms with Crippen LogP contribution in [-0.2, 0) is 16.0 Å². The van der Waals surface area contributed by atoms with E-state index in [1.165, 1.54) is 25.1 Å². The highest BCUT2D eigenvalue weighted by molar-refractivity contribution is 7.09. The Bertz CT molecular complexity index is 684. The van der Waals surface area contributed by atoms with Crippen molar-refractivity contribution in [3.05, 3.63) is 46.2 Å². The minimum absolute atomic E-state index is 0.128. The van der Waals surface area contributed by atoms with Gasteiger partial charge in [-0.25, -0.2) is 4.79 Å². The summed E-state index contributed by atoms with van der Waals surface area (Å²) in [7, 11) is 2.99. The molecule has 0 saturated carbocycles. The van der Waals surface area contributed by atoms with Gasteiger partial charge in [0.05, 0.1) is 19.3 Å². The molecule has 2 rings (SSSR count). The van der Waals surface area contributed by atoms with Gasteiger partial charge < -0.3 is 19.5 Å². The Morgan fingerprint density at radius 1 is 1.21 bits per heavy atom. The quantitative estimate of drug-likeness (QED) is 0.740. The molecule has 128 valence electrons. The number of rotatable bonds is 8. The molecule has 0 fully saturated rings. The molecule has 0 unspecified atom stereocenters. The molecule has 7 heteroatoms. The van der Waals surface area contributed by atoms with Crippen LogP contribution < -0.4 is 14.8 Å². The average molecular weight is 349 g/mol. The number of hydrogen-bond acceptors (Lipinski definition) is 6. The number of hydrogen-bond donors (Lipinski definition) is 1. The lowest BCUT2D eigenvalue weighted by Crippen LogP contribution is -2.24. The second-order valence-electron chi connectivity index (χ2n) is 4.79. The van der Waals surface area contributed by atoms with Crippen molar-refractivity contribution in [1.82, 2.24) is 5.32 Å². The molecule has 1 N–H and O–H groups in total. The minimum Gasteiger partial charge on any atom is -0.493 e. The minimum atomic E-state index is -0.428. The van der Waals surface area contributed by atoms with Crippen molar-refractivity contribution >= 4 is 23.2 Å². The van der Waals surface area contributed by atoms with E-state index in [9.17, 15) is 9.59 Å². The van der Waals surface area contributed by atoms with Gasteiger partial charge in [0.15, 0.2) is 18.1 Å². The third-order valence-corrected chi connectivity index (χ3v) is 4.13. The van der Waals surface area contributed by atoms with E-state index in [1.807, 2.05) is 17.5 Å². The molecule has 1 aromatic heterocycles. The third-order valence-electron chi connectivity index (χ3n) is 3.20. The Morgan fingerprint density at radius 3 is 2.71 bits per heavy atom. The maximum Gasteiger partial charge on any atom is 0.338 e. The molecule has 1 amide bonds. The van der Waals surface area contributed by atoms with Gasteiger partial charge in [-0.3, -0.25) is 4.79 Å². The van der Waals surface area contributed by atoms with Crippen LogP contribution in [0.5, 0.6) is 11.5 Å². The van der Waals surface area contributed by atoms with Crippen molar-refractivity contribution in [2.24, 2.45) is 0 Å². The first-order chi connectivity index (χ1) is 11.6. The SMILES string of the molecule is CNC(=O)COc1ccc(C(=O)OCCc2cccs2)cc1OC. The fourth-order valence-electron chi connectivity index (χ4n) is 1.91. The summed E-state index contributed by atoms with van der Waals surface area (Å²) in [6, 6.07) is 8.66. The summed E-state index contributed by atoms with van der Waals surface area (Å²) in [6.07, 6.45) is 0.688. The zero-order valence-electron chi connectivity index (χ0n) is 13.5. The predicted molar refractivity (Wildman–Crippen MR) is 90.9 cm³/mol. The van der Waals surface area contributed by atoms with E-state index in [4.69, 9.17) is 14.2 Å². The van der Waals surface area contributed by atoms with Gasteiger partial charge in [0.1, 0.15) is 0 Å². The van der Waals surface area contributed by atoms with E-state index >= 15 is 0 Å². The zero-order valence-corrected chi connectivity index (χ0v) is 14.4. The summed E-state index contributed by atoms with van der Waals surface area (Å²) in [5.74, 6) is 0.0691. The van der Waals surface area contributed by atoms with Crippen molar-refractivity contribution in [1.29, 1.82) is 0 Å². The number of carbonyl (C=O) groups excluding carboxylic acids is 2. The summed E-state index contributed by atoms with van der Waals surface area (Å²) in [5.41, 5.74) is 0.366. The number of benzene rings is 1. The Balaban J connectivity index is 1.94. The molecule has 1 heterocycles. The number of likely N-dealkylation sites (N-methyl/N-ethyl adjacent to an activating group) is 1. The van der Waals surface area contributed by atoms with Crippen molar-refractivity contribution in [3.63, 3.8) is 0 Å². The van der Waals surface area contributed by atoms with Crippen LogP contribution in [0.2, 0.25) is 0 Å². The molecule has 0 bridgehead atoms. The summed E-state index contributed by atoms with van der Waals surface area (Å²) in [5, 5.41) is 4.44. The van der Waals surface area contributed by atoms with E-state index in [0.29, 0.717) is 30.1 Å². The number of thiophene rings is 1. The highest BCUT2D eigenvalue weighted by Gasteiger charge is 2.13. The van der Waals surface area contributed by atoms with Gasteiger partial charge in [0.25, 0.3) is 5.91 Å². The van der Waals surface area contributed by atoms with Gasteiger partial charge in [-0.15, -0.1) is 11.3 Å². The highest BCUT2D eigenvalue weighted by atomic mass is 32.1. The topological polar surface area (TPSA) is 73.9 Å². The first kappa shape index (κ1) is 17.8. The summed E-state index contributed by atoms with van der Waals surface area (Å²) < 4.78 is 15.8. The predicted octanol–water partition coefficient (Wildman–Crippen LogP) is 2.28. The molecule has 0 aliphatic carbocycles. The molecule has 0 spiro atoms. The van der Waals surface area contributed by atoms with Crippen LogP contribution in [0.1, 0.15) is 15.2 Å². The zero-order chi connectivity index (χ0) is 17.4. The van der Waals surface area contributed by atoms with E-state index in [1.54, 1.807) is 23.5 Å². The molecule has 2 aromatic rings. The summed E-state index contributed by atoms with van der Waals surface area (Å²) in [6.45, 7) is 0.189. The van der Waals surface area contributed by atoms with E-state index < -0.39 is 5.97 Å². The van der Waals surface area contributed by atoms with Crippen molar-refractivity contribution in [2.45, 2.75) is 6.42 Å². The fourth-order valence-corrected chi connectivity index (χ4v) is 2.60. The molecule has 0 radical (unpaired) electrons. The van der Waals surface area contributed by atoms with Crippen LogP contribution in [0.25, 0.3) is 0 Å². The molecule has 0 aliphatic heterocycles. The van der Waals surface area contributed by atoms with Crippen LogP contribution in [0, 0.1) is 0 Å². The van der Waals surface area contributed by atoms with Crippen LogP contribution in [0.3, 0.4) is 0 Å². The molecule has 0 saturated heterocycles. The van der Waals surface area contributed by atoms with Gasteiger partial charge in [0, 0.05) is 18.3 Å². The van der Waals surface area contributed by atoms with E-state index in [0.717, 1.165) is 0 Å². The number of esters is 1. The normalized spacial score (nSPS) is 10.1. The number of nitrogens with one attached hydrogen (secondary N) is 1. The van der Waals surface area contributed by atoms with Crippen molar-refractivity contribution in [3.8, 4) is 11.5 Å². The van der Waals surface area contributed by atoms with Crippen LogP contribution in [0.15, 0.2) is 35.7 Å². The lowest BCUT2D eigenvalue weighted by Gasteiger charge is -2.11. The highest BCUT2D eigenvalue weighted by Crippen LogP contribution is 2.28. The molecule has 0 atom stereocenters. The van der Waals surface area contributed by atoms with Crippen molar-refractivity contribution < 1.29 is 23.8 Å². The maximum atomic E-state index is 12.1. The van der Waals surface area contributed by atoms with Crippen LogP contribution in [0.4, 0.5) is 0 Å². The molecule has 0 aliphatic rings. The monoisotopic (exact) mass is 349 g/mol. The Hall–Kier alpha value is -2.54. The van der Waals surface area contributed by atoms with Crippen molar-refractivity contribution in [2.75, 3.05) is 27.4 Å². The maximum absolute atomic E-state index is 12.1. The second-order valence-corrected chi connectivity index (χ2v) is 5.83. The third kappa shape index (κ3) is 4.99. The van der Waals surface area contributed by atoms with Gasteiger partial charge >= 0.3 is 5.97 Å². The lowest BCUT2D eigenvalue weighted by atomic mass is 10.2. The number of ether oxygens (including phenoxy) is 3. The molecule has 6 nitrogen and oxygen atoms in total. The molecular formula is C17H19NO5S. The van der Waals surface area contributed by atoms with Gasteiger partial charge in [-0.2, -0.15) is 0 Å². The standard InChI is InChI=1S/C17H19NO5S/c1-18-16(19)11-23-14-6-5-12(10-15(14)21-2)17(20)22-8-7-13-4-3-9-24-13/h3-6,9-10H,7-8,11H2,1-2H3,(H,18,19). The first-order valence-corrected chi connectivity index (χ1v) is 8.23. The van der Waals surface area contributed by atoms with Gasteiger partial charge in [-0.1, -0.05) is 6.07 Å². The van der Waals surface area contributed by atoms with E-state index in [2.05, 4.69) is 5.32 Å². The Morgan fingerprint density at radius 2 is 2.04 bits per heavy atom. The number of methoxy groups -OCH3 is 1. The average Bonchev–Trinajstić information content (AvgIpc) is 3.12. The Kier molecular flexibility index (Phi) is 6.62. The summed E-state index contributed by atoms with van der Waals surface area (Å²) >= 11 is 1.63. The van der Waals surface area contributed by atoms with Gasteiger partial charge in [-0.05, 0) is 29.6 Å². The van der Waals surface area contributed by atoms with Gasteiger partial charge in [0.2, 0.25) is 0 Å². The molecular weight excluding hydrogens is 330 g/mol. The van der Waals surface area contributed by atoms with Crippen LogP contribution in [-0.4, -0.2) is 39.2 Å².